The molecule has 39 heavy (non-hydrogen) atoms. The second kappa shape index (κ2) is 19.8. The Hall–Kier alpha value is -3.18. The Balaban J connectivity index is 1.57. The van der Waals surface area contributed by atoms with Gasteiger partial charge in [-0.25, -0.2) is 9.69 Å². The molecule has 0 bridgehead atoms. The van der Waals surface area contributed by atoms with Crippen molar-refractivity contribution in [2.75, 3.05) is 6.61 Å². The molecular weight excluding hydrogens is 486 g/mol. The standard InChI is InChI=1S/C34H47NO4/c1-4-6-7-8-9-10-11-12-13-14-15-16-17-18-19-20-21-25-28-38-31(5-2)33(36)35-29(3)32(39-34(35)37)30-26-23-22-24-27-30/h6-7,9-10,12-13,15-16,18-19,22-24,26-27,29,31-32H,4-5,8,11,14,17,20-21,25,28H2,1-3H3/b7-6-,10-9-,13-12?,16-15-,19-18-/t29-,31-,32-/m0/s1. The zero-order valence-corrected chi connectivity index (χ0v) is 24.0. The van der Waals surface area contributed by atoms with Gasteiger partial charge in [0, 0.05) is 6.61 Å². The minimum absolute atomic E-state index is 0.314. The van der Waals surface area contributed by atoms with Gasteiger partial charge < -0.3 is 9.47 Å². The Morgan fingerprint density at radius 3 is 2.00 bits per heavy atom. The molecule has 0 spiro atoms. The Morgan fingerprint density at radius 2 is 1.44 bits per heavy atom. The fourth-order valence-electron chi connectivity index (χ4n) is 4.32. The minimum atomic E-state index is -0.636. The van der Waals surface area contributed by atoms with E-state index < -0.39 is 18.3 Å². The highest BCUT2D eigenvalue weighted by molar-refractivity contribution is 5.96. The number of cyclic esters (lactones) is 1. The van der Waals surface area contributed by atoms with Crippen LogP contribution in [0.2, 0.25) is 0 Å². The maximum Gasteiger partial charge on any atom is 0.417 e. The van der Waals surface area contributed by atoms with Crippen LogP contribution in [-0.4, -0.2) is 35.7 Å². The van der Waals surface area contributed by atoms with E-state index in [4.69, 9.17) is 9.47 Å². The van der Waals surface area contributed by atoms with E-state index in [1.165, 1.54) is 4.90 Å². The SMILES string of the molecule is CC/C=C\C/C=C\CC=CC/C=C\C/C=C\CCCCO[C@@H](CC)C(=O)N1C(=O)O[C@H](c2ccccc2)[C@@H]1C. The van der Waals surface area contributed by atoms with Crippen molar-refractivity contribution >= 4 is 12.0 Å². The van der Waals surface area contributed by atoms with Gasteiger partial charge in [-0.05, 0) is 70.3 Å². The largest absolute Gasteiger partial charge is 0.439 e. The lowest BCUT2D eigenvalue weighted by molar-refractivity contribution is -0.141. The van der Waals surface area contributed by atoms with Crippen molar-refractivity contribution < 1.29 is 19.1 Å². The number of benzene rings is 1. The van der Waals surface area contributed by atoms with E-state index >= 15 is 0 Å². The molecule has 0 radical (unpaired) electrons. The highest BCUT2D eigenvalue weighted by Gasteiger charge is 2.45. The van der Waals surface area contributed by atoms with E-state index in [1.807, 2.05) is 44.2 Å². The van der Waals surface area contributed by atoms with Crippen molar-refractivity contribution in [2.45, 2.75) is 96.8 Å². The van der Waals surface area contributed by atoms with Gasteiger partial charge in [-0.15, -0.1) is 0 Å². The maximum absolute atomic E-state index is 13.1. The lowest BCUT2D eigenvalue weighted by atomic mass is 10.0. The number of amides is 2. The van der Waals surface area contributed by atoms with Crippen LogP contribution in [0.1, 0.15) is 90.2 Å². The molecule has 1 aliphatic heterocycles. The molecule has 1 heterocycles. The van der Waals surface area contributed by atoms with Gasteiger partial charge in [0.15, 0.2) is 0 Å². The second-order valence-electron chi connectivity index (χ2n) is 9.64. The van der Waals surface area contributed by atoms with Crippen molar-refractivity contribution in [3.63, 3.8) is 0 Å². The summed E-state index contributed by atoms with van der Waals surface area (Å²) >= 11 is 0. The smallest absolute Gasteiger partial charge is 0.417 e. The fourth-order valence-corrected chi connectivity index (χ4v) is 4.32. The average molecular weight is 534 g/mol. The Morgan fingerprint density at radius 1 is 0.872 bits per heavy atom. The molecule has 5 heteroatoms. The summed E-state index contributed by atoms with van der Waals surface area (Å²) in [6.45, 7) is 6.39. The summed E-state index contributed by atoms with van der Waals surface area (Å²) < 4.78 is 11.4. The Kier molecular flexibility index (Phi) is 16.3. The summed E-state index contributed by atoms with van der Waals surface area (Å²) in [6, 6.07) is 9.16. The third kappa shape index (κ3) is 12.0. The van der Waals surface area contributed by atoms with Crippen LogP contribution in [0.5, 0.6) is 0 Å². The molecule has 0 saturated carbocycles. The normalized spacial score (nSPS) is 18.9. The Bertz CT molecular complexity index is 976. The maximum atomic E-state index is 13.1. The number of rotatable bonds is 18. The van der Waals surface area contributed by atoms with Crippen molar-refractivity contribution in [1.82, 2.24) is 4.90 Å². The van der Waals surface area contributed by atoms with Crippen LogP contribution >= 0.6 is 0 Å². The van der Waals surface area contributed by atoms with E-state index in [0.717, 1.165) is 56.9 Å². The third-order valence-corrected chi connectivity index (χ3v) is 6.52. The number of imide groups is 1. The van der Waals surface area contributed by atoms with Gasteiger partial charge in [0.25, 0.3) is 5.91 Å². The molecule has 3 atom stereocenters. The summed E-state index contributed by atoms with van der Waals surface area (Å²) in [5.41, 5.74) is 0.887. The van der Waals surface area contributed by atoms with Crippen LogP contribution in [0.15, 0.2) is 91.1 Å². The van der Waals surface area contributed by atoms with E-state index in [0.29, 0.717) is 13.0 Å². The highest BCUT2D eigenvalue weighted by atomic mass is 16.6. The third-order valence-electron chi connectivity index (χ3n) is 6.52. The lowest BCUT2D eigenvalue weighted by Crippen LogP contribution is -2.44. The predicted octanol–water partition coefficient (Wildman–Crippen LogP) is 8.81. The summed E-state index contributed by atoms with van der Waals surface area (Å²) in [4.78, 5) is 26.8. The van der Waals surface area contributed by atoms with Gasteiger partial charge in [0.05, 0.1) is 6.04 Å². The summed E-state index contributed by atoms with van der Waals surface area (Å²) in [5, 5.41) is 0. The molecule has 0 N–H and O–H groups in total. The molecule has 0 aromatic heterocycles. The van der Waals surface area contributed by atoms with Crippen LogP contribution < -0.4 is 0 Å². The molecule has 212 valence electrons. The van der Waals surface area contributed by atoms with Crippen LogP contribution in [-0.2, 0) is 14.3 Å². The number of ether oxygens (including phenoxy) is 2. The number of hydrogen-bond acceptors (Lipinski definition) is 4. The zero-order valence-electron chi connectivity index (χ0n) is 24.0. The molecule has 2 rings (SSSR count). The molecule has 5 nitrogen and oxygen atoms in total. The fraction of sp³-hybridized carbons (Fsp3) is 0.471. The minimum Gasteiger partial charge on any atom is -0.439 e. The van der Waals surface area contributed by atoms with Gasteiger partial charge in [-0.2, -0.15) is 0 Å². The van der Waals surface area contributed by atoms with Gasteiger partial charge in [-0.1, -0.05) is 105 Å². The first kappa shape index (κ1) is 32.0. The number of carbonyl (C=O) groups excluding carboxylic acids is 2. The predicted molar refractivity (Wildman–Crippen MR) is 160 cm³/mol. The van der Waals surface area contributed by atoms with E-state index in [1.54, 1.807) is 0 Å². The van der Waals surface area contributed by atoms with Crippen molar-refractivity contribution in [3.05, 3.63) is 96.7 Å². The molecule has 0 unspecified atom stereocenters. The summed E-state index contributed by atoms with van der Waals surface area (Å²) in [6.07, 6.45) is 28.7. The molecule has 1 saturated heterocycles. The first-order valence-corrected chi connectivity index (χ1v) is 14.5. The first-order chi connectivity index (χ1) is 19.1. The summed E-state index contributed by atoms with van der Waals surface area (Å²) in [5.74, 6) is -0.314. The second-order valence-corrected chi connectivity index (χ2v) is 9.64. The molecule has 1 aromatic rings. The van der Waals surface area contributed by atoms with Crippen molar-refractivity contribution in [2.24, 2.45) is 0 Å². The molecule has 2 amide bonds. The van der Waals surface area contributed by atoms with Crippen molar-refractivity contribution in [3.8, 4) is 0 Å². The number of nitrogens with zero attached hydrogens (tertiary/aromatic N) is 1. The molecule has 1 fully saturated rings. The van der Waals surface area contributed by atoms with Crippen LogP contribution in [0.4, 0.5) is 4.79 Å². The monoisotopic (exact) mass is 533 g/mol. The van der Waals surface area contributed by atoms with Crippen LogP contribution in [0, 0.1) is 0 Å². The Labute approximate surface area is 236 Å². The number of allylic oxidation sites excluding steroid dienone is 10. The van der Waals surface area contributed by atoms with Gasteiger partial charge in [-0.3, -0.25) is 4.79 Å². The van der Waals surface area contributed by atoms with Gasteiger partial charge in [0.1, 0.15) is 12.2 Å². The summed E-state index contributed by atoms with van der Waals surface area (Å²) in [7, 11) is 0. The number of carbonyl (C=O) groups is 2. The molecule has 0 aliphatic carbocycles. The topological polar surface area (TPSA) is 55.8 Å². The van der Waals surface area contributed by atoms with Crippen molar-refractivity contribution in [1.29, 1.82) is 0 Å². The van der Waals surface area contributed by atoms with E-state index in [9.17, 15) is 9.59 Å². The first-order valence-electron chi connectivity index (χ1n) is 14.5. The van der Waals surface area contributed by atoms with E-state index in [-0.39, 0.29) is 11.9 Å². The molecular formula is C34H47NO4. The molecule has 1 aliphatic rings. The number of unbranched alkanes of at least 4 members (excludes halogenated alkanes) is 2. The lowest BCUT2D eigenvalue weighted by Gasteiger charge is -2.24. The van der Waals surface area contributed by atoms with Gasteiger partial charge >= 0.3 is 6.09 Å². The molecule has 1 aromatic carbocycles. The quantitative estimate of drug-likeness (QED) is 0.140. The zero-order chi connectivity index (χ0) is 28.1. The van der Waals surface area contributed by atoms with Gasteiger partial charge in [0.2, 0.25) is 0 Å². The average Bonchev–Trinajstić information content (AvgIpc) is 3.25. The highest BCUT2D eigenvalue weighted by Crippen LogP contribution is 2.33. The van der Waals surface area contributed by atoms with E-state index in [2.05, 4.69) is 67.7 Å². The van der Waals surface area contributed by atoms with Crippen LogP contribution in [0.3, 0.4) is 0 Å². The number of hydrogen-bond donors (Lipinski definition) is 0. The van der Waals surface area contributed by atoms with Crippen LogP contribution in [0.25, 0.3) is 0 Å².